The number of benzene rings is 1. The molecular weight excluding hydrogens is 524 g/mol. The number of nitrogens with one attached hydrogen (secondary N) is 1. The van der Waals surface area contributed by atoms with Crippen LogP contribution in [-0.2, 0) is 26.7 Å². The van der Waals surface area contributed by atoms with E-state index >= 15 is 0 Å². The number of carbonyl (C=O) groups is 1. The van der Waals surface area contributed by atoms with E-state index in [1.165, 1.54) is 0 Å². The molecule has 3 aliphatic heterocycles. The van der Waals surface area contributed by atoms with Gasteiger partial charge >= 0.3 is 6.03 Å². The van der Waals surface area contributed by atoms with Gasteiger partial charge in [-0.3, -0.25) is 0 Å². The fourth-order valence-corrected chi connectivity index (χ4v) is 6.08. The van der Waals surface area contributed by atoms with Crippen LogP contribution in [0.25, 0.3) is 0 Å². The van der Waals surface area contributed by atoms with Crippen LogP contribution < -0.4 is 15.1 Å². The minimum atomic E-state index is -3.15. The average molecular weight is 551 g/mol. The minimum absolute atomic E-state index is 0.0146. The Labute approximate surface area is 207 Å². The zero-order chi connectivity index (χ0) is 23.7. The number of piperazine rings is 1. The molecule has 1 aromatic heterocycles. The van der Waals surface area contributed by atoms with E-state index in [4.69, 9.17) is 14.7 Å². The SMILES string of the molecule is O=C(Nc1ccc(Br)cc1)N1CCN(c2nc3c(c(N4CCOCC4)n2)CS(=O)(=O)CC3)CC1. The van der Waals surface area contributed by atoms with E-state index in [2.05, 4.69) is 31.0 Å². The number of urea groups is 1. The zero-order valence-corrected chi connectivity index (χ0v) is 21.1. The standard InChI is InChI=1S/C22H27BrN6O4S/c23-16-1-3-17(4-2-16)24-22(30)29-8-6-28(7-9-29)21-25-19-5-14-34(31,32)15-18(19)20(26-21)27-10-12-33-13-11-27/h1-4H,5-15H2,(H,24,30). The predicted octanol–water partition coefficient (Wildman–Crippen LogP) is 1.90. The van der Waals surface area contributed by atoms with Gasteiger partial charge in [0, 0.05) is 61.4 Å². The molecule has 1 N–H and O–H groups in total. The van der Waals surface area contributed by atoms with E-state index in [1.807, 2.05) is 24.3 Å². The van der Waals surface area contributed by atoms with Crippen molar-refractivity contribution in [1.82, 2.24) is 14.9 Å². The average Bonchev–Trinajstić information content (AvgIpc) is 2.85. The van der Waals surface area contributed by atoms with Gasteiger partial charge in [0.15, 0.2) is 9.84 Å². The molecule has 5 rings (SSSR count). The van der Waals surface area contributed by atoms with E-state index in [0.717, 1.165) is 21.4 Å². The van der Waals surface area contributed by atoms with Gasteiger partial charge in [-0.15, -0.1) is 0 Å². The van der Waals surface area contributed by atoms with Crippen molar-refractivity contribution in [3.8, 4) is 0 Å². The number of halogens is 1. The highest BCUT2D eigenvalue weighted by Gasteiger charge is 2.31. The lowest BCUT2D eigenvalue weighted by molar-refractivity contribution is 0.122. The van der Waals surface area contributed by atoms with E-state index in [1.54, 1.807) is 4.90 Å². The van der Waals surface area contributed by atoms with Crippen molar-refractivity contribution >= 4 is 49.3 Å². The smallest absolute Gasteiger partial charge is 0.321 e. The van der Waals surface area contributed by atoms with Crippen molar-refractivity contribution in [2.24, 2.45) is 0 Å². The lowest BCUT2D eigenvalue weighted by Crippen LogP contribution is -2.50. The number of hydrogen-bond donors (Lipinski definition) is 1. The molecular formula is C22H27BrN6O4S. The molecule has 1 aromatic carbocycles. The second-order valence-electron chi connectivity index (χ2n) is 8.63. The highest BCUT2D eigenvalue weighted by Crippen LogP contribution is 2.31. The molecule has 0 atom stereocenters. The van der Waals surface area contributed by atoms with Gasteiger partial charge in [0.2, 0.25) is 5.95 Å². The number of hydrogen-bond acceptors (Lipinski definition) is 8. The molecule has 3 aliphatic rings. The quantitative estimate of drug-likeness (QED) is 0.617. The Bertz CT molecular complexity index is 1160. The molecule has 10 nitrogen and oxygen atoms in total. The van der Waals surface area contributed by atoms with Gasteiger partial charge < -0.3 is 24.8 Å². The molecule has 2 amide bonds. The Morgan fingerprint density at radius 2 is 1.68 bits per heavy atom. The Hall–Kier alpha value is -2.44. The number of rotatable bonds is 3. The van der Waals surface area contributed by atoms with Crippen molar-refractivity contribution in [3.63, 3.8) is 0 Å². The highest BCUT2D eigenvalue weighted by atomic mass is 79.9. The molecule has 0 bridgehead atoms. The minimum Gasteiger partial charge on any atom is -0.378 e. The number of aryl methyl sites for hydroxylation is 1. The maximum Gasteiger partial charge on any atom is 0.321 e. The van der Waals surface area contributed by atoms with E-state index in [-0.39, 0.29) is 17.5 Å². The summed E-state index contributed by atoms with van der Waals surface area (Å²) in [6.07, 6.45) is 0.403. The Kier molecular flexibility index (Phi) is 6.63. The number of amides is 2. The summed E-state index contributed by atoms with van der Waals surface area (Å²) < 4.78 is 31.1. The highest BCUT2D eigenvalue weighted by molar-refractivity contribution is 9.10. The lowest BCUT2D eigenvalue weighted by atomic mass is 10.1. The third-order valence-electron chi connectivity index (χ3n) is 6.33. The van der Waals surface area contributed by atoms with Crippen LogP contribution in [0.4, 0.5) is 22.2 Å². The number of fused-ring (bicyclic) bond motifs is 1. The van der Waals surface area contributed by atoms with Crippen LogP contribution in [-0.4, -0.2) is 87.6 Å². The predicted molar refractivity (Wildman–Crippen MR) is 133 cm³/mol. The van der Waals surface area contributed by atoms with Crippen LogP contribution in [0.1, 0.15) is 11.3 Å². The summed E-state index contributed by atoms with van der Waals surface area (Å²) in [6.45, 7) is 4.83. The lowest BCUT2D eigenvalue weighted by Gasteiger charge is -2.36. The molecule has 2 aromatic rings. The van der Waals surface area contributed by atoms with Crippen molar-refractivity contribution in [1.29, 1.82) is 0 Å². The summed E-state index contributed by atoms with van der Waals surface area (Å²) in [5.74, 6) is 1.41. The summed E-state index contributed by atoms with van der Waals surface area (Å²) in [5, 5.41) is 2.94. The summed E-state index contributed by atoms with van der Waals surface area (Å²) in [5.41, 5.74) is 2.29. The van der Waals surface area contributed by atoms with Gasteiger partial charge in [-0.1, -0.05) is 15.9 Å². The van der Waals surface area contributed by atoms with Crippen LogP contribution >= 0.6 is 15.9 Å². The molecule has 0 saturated carbocycles. The normalized spacial score (nSPS) is 20.1. The van der Waals surface area contributed by atoms with Gasteiger partial charge in [-0.2, -0.15) is 4.98 Å². The van der Waals surface area contributed by atoms with E-state index in [0.29, 0.717) is 70.7 Å². The fraction of sp³-hybridized carbons (Fsp3) is 0.500. The maximum absolute atomic E-state index is 12.7. The Morgan fingerprint density at radius 3 is 2.38 bits per heavy atom. The van der Waals surface area contributed by atoms with Crippen LogP contribution in [0.2, 0.25) is 0 Å². The van der Waals surface area contributed by atoms with Gasteiger partial charge in [-0.25, -0.2) is 18.2 Å². The number of ether oxygens (including phenoxy) is 1. The van der Waals surface area contributed by atoms with Crippen LogP contribution in [0.15, 0.2) is 28.7 Å². The first-order chi connectivity index (χ1) is 16.4. The number of anilines is 3. The maximum atomic E-state index is 12.7. The first-order valence-electron chi connectivity index (χ1n) is 11.4. The summed E-state index contributed by atoms with van der Waals surface area (Å²) in [7, 11) is -3.15. The van der Waals surface area contributed by atoms with E-state index < -0.39 is 9.84 Å². The molecule has 34 heavy (non-hydrogen) atoms. The molecule has 0 unspecified atom stereocenters. The molecule has 4 heterocycles. The van der Waals surface area contributed by atoms with Crippen molar-refractivity contribution in [2.45, 2.75) is 12.2 Å². The van der Waals surface area contributed by atoms with E-state index in [9.17, 15) is 13.2 Å². The van der Waals surface area contributed by atoms with Gasteiger partial charge in [0.25, 0.3) is 0 Å². The third-order valence-corrected chi connectivity index (χ3v) is 8.41. The zero-order valence-electron chi connectivity index (χ0n) is 18.7. The first kappa shape index (κ1) is 23.3. The largest absolute Gasteiger partial charge is 0.378 e. The molecule has 0 spiro atoms. The number of nitrogens with zero attached hydrogens (tertiary/aromatic N) is 5. The molecule has 182 valence electrons. The molecule has 0 aliphatic carbocycles. The summed E-state index contributed by atoms with van der Waals surface area (Å²) >= 11 is 3.40. The van der Waals surface area contributed by atoms with Gasteiger partial charge in [0.1, 0.15) is 5.82 Å². The molecule has 0 radical (unpaired) electrons. The molecule has 2 fully saturated rings. The number of aromatic nitrogens is 2. The third kappa shape index (κ3) is 5.13. The number of morpholine rings is 1. The summed E-state index contributed by atoms with van der Waals surface area (Å²) in [6, 6.07) is 7.35. The van der Waals surface area contributed by atoms with Crippen molar-refractivity contribution < 1.29 is 17.9 Å². The van der Waals surface area contributed by atoms with Gasteiger partial charge in [-0.05, 0) is 24.3 Å². The number of sulfone groups is 1. The Morgan fingerprint density at radius 1 is 0.971 bits per heavy atom. The van der Waals surface area contributed by atoms with Crippen molar-refractivity contribution in [2.75, 3.05) is 73.4 Å². The first-order valence-corrected chi connectivity index (χ1v) is 14.0. The fourth-order valence-electron chi connectivity index (χ4n) is 4.43. The van der Waals surface area contributed by atoms with Gasteiger partial charge in [0.05, 0.1) is 30.4 Å². The second-order valence-corrected chi connectivity index (χ2v) is 11.7. The molecule has 12 heteroatoms. The van der Waals surface area contributed by atoms with Crippen LogP contribution in [0, 0.1) is 0 Å². The molecule has 2 saturated heterocycles. The van der Waals surface area contributed by atoms with Crippen LogP contribution in [0.5, 0.6) is 0 Å². The monoisotopic (exact) mass is 550 g/mol. The second kappa shape index (κ2) is 9.67. The number of carbonyl (C=O) groups excluding carboxylic acids is 1. The Balaban J connectivity index is 1.31. The summed E-state index contributed by atoms with van der Waals surface area (Å²) in [4.78, 5) is 28.3. The van der Waals surface area contributed by atoms with Crippen molar-refractivity contribution in [3.05, 3.63) is 40.0 Å². The topological polar surface area (TPSA) is 108 Å². The van der Waals surface area contributed by atoms with Crippen LogP contribution in [0.3, 0.4) is 0 Å².